The zero-order valence-corrected chi connectivity index (χ0v) is 18.0. The Kier molecular flexibility index (Phi) is 6.82. The van der Waals surface area contributed by atoms with E-state index >= 15 is 0 Å². The van der Waals surface area contributed by atoms with Gasteiger partial charge in [-0.05, 0) is 60.4 Å². The lowest BCUT2D eigenvalue weighted by Gasteiger charge is -2.27. The van der Waals surface area contributed by atoms with Crippen molar-refractivity contribution in [3.05, 3.63) is 90.0 Å². The van der Waals surface area contributed by atoms with E-state index in [1.165, 1.54) is 0 Å². The van der Waals surface area contributed by atoms with E-state index < -0.39 is 6.04 Å². The summed E-state index contributed by atoms with van der Waals surface area (Å²) in [5, 5.41) is 6.34. The first-order valence-corrected chi connectivity index (χ1v) is 11.0. The van der Waals surface area contributed by atoms with Crippen molar-refractivity contribution in [2.45, 2.75) is 31.8 Å². The van der Waals surface area contributed by atoms with E-state index in [9.17, 15) is 9.59 Å². The van der Waals surface area contributed by atoms with E-state index in [4.69, 9.17) is 5.73 Å². The second-order valence-electron chi connectivity index (χ2n) is 7.93. The fourth-order valence-corrected chi connectivity index (χ4v) is 3.92. The van der Waals surface area contributed by atoms with Gasteiger partial charge in [-0.25, -0.2) is 0 Å². The molecule has 0 aliphatic carbocycles. The van der Waals surface area contributed by atoms with Crippen molar-refractivity contribution in [3.63, 3.8) is 0 Å². The van der Waals surface area contributed by atoms with Gasteiger partial charge in [0.15, 0.2) is 0 Å². The third-order valence-electron chi connectivity index (χ3n) is 5.64. The summed E-state index contributed by atoms with van der Waals surface area (Å²) < 4.78 is 0. The van der Waals surface area contributed by atoms with Crippen LogP contribution in [0.3, 0.4) is 0 Å². The number of benzene rings is 3. The summed E-state index contributed by atoms with van der Waals surface area (Å²) in [7, 11) is 0. The summed E-state index contributed by atoms with van der Waals surface area (Å²) in [4.78, 5) is 27.2. The van der Waals surface area contributed by atoms with Gasteiger partial charge in [0.1, 0.15) is 6.04 Å². The Bertz CT molecular complexity index is 1070. The highest BCUT2D eigenvalue weighted by molar-refractivity contribution is 5.98. The van der Waals surface area contributed by atoms with Crippen molar-refractivity contribution < 1.29 is 9.59 Å². The molecule has 4 rings (SSSR count). The van der Waals surface area contributed by atoms with Crippen molar-refractivity contribution in [1.29, 1.82) is 0 Å². The zero-order chi connectivity index (χ0) is 22.3. The molecule has 0 saturated carbocycles. The van der Waals surface area contributed by atoms with Crippen LogP contribution < -0.4 is 21.3 Å². The molecule has 1 atom stereocenters. The van der Waals surface area contributed by atoms with Crippen molar-refractivity contribution in [2.75, 3.05) is 22.1 Å². The molecule has 0 aromatic heterocycles. The lowest BCUT2D eigenvalue weighted by Crippen LogP contribution is -2.35. The Morgan fingerprint density at radius 2 is 1.72 bits per heavy atom. The van der Waals surface area contributed by atoms with Gasteiger partial charge in [0.25, 0.3) is 5.91 Å². The summed E-state index contributed by atoms with van der Waals surface area (Å²) in [6, 6.07) is 24.2. The predicted molar refractivity (Wildman–Crippen MR) is 128 cm³/mol. The number of carbonyl (C=O) groups excluding carboxylic acids is 2. The number of anilines is 3. The standard InChI is InChI=1S/C26H28N4O2/c27-18-19-7-6-10-22(17-19)28-25(20-8-2-1-3-9-20)26(32)29-21-12-14-23(15-13-21)30-16-5-4-11-24(30)31/h1-3,6-10,12-15,17,25,28H,4-5,11,16,18,27H2,(H,29,32)/t25-/m1/s1. The lowest BCUT2D eigenvalue weighted by atomic mass is 10.0. The van der Waals surface area contributed by atoms with E-state index in [0.717, 1.165) is 41.9 Å². The van der Waals surface area contributed by atoms with Gasteiger partial charge in [-0.3, -0.25) is 9.59 Å². The molecule has 0 bridgehead atoms. The number of piperidine rings is 1. The van der Waals surface area contributed by atoms with E-state index in [0.29, 0.717) is 18.7 Å². The Hall–Kier alpha value is -3.64. The summed E-state index contributed by atoms with van der Waals surface area (Å²) in [5.41, 5.74) is 9.99. The van der Waals surface area contributed by atoms with E-state index in [1.807, 2.05) is 83.8 Å². The highest BCUT2D eigenvalue weighted by atomic mass is 16.2. The molecule has 6 nitrogen and oxygen atoms in total. The van der Waals surface area contributed by atoms with Crippen LogP contribution in [0.25, 0.3) is 0 Å². The maximum Gasteiger partial charge on any atom is 0.251 e. The first-order chi connectivity index (χ1) is 15.6. The van der Waals surface area contributed by atoms with Crippen molar-refractivity contribution >= 4 is 28.9 Å². The Labute approximate surface area is 188 Å². The molecule has 3 aromatic rings. The fourth-order valence-electron chi connectivity index (χ4n) is 3.92. The minimum Gasteiger partial charge on any atom is -0.370 e. The highest BCUT2D eigenvalue weighted by Gasteiger charge is 2.22. The molecule has 164 valence electrons. The van der Waals surface area contributed by atoms with Gasteiger partial charge in [0.2, 0.25) is 5.91 Å². The van der Waals surface area contributed by atoms with Crippen molar-refractivity contribution in [3.8, 4) is 0 Å². The third kappa shape index (κ3) is 5.15. The van der Waals surface area contributed by atoms with Crippen LogP contribution in [0.15, 0.2) is 78.9 Å². The number of nitrogens with one attached hydrogen (secondary N) is 2. The molecule has 1 fully saturated rings. The third-order valence-corrected chi connectivity index (χ3v) is 5.64. The van der Waals surface area contributed by atoms with Crippen molar-refractivity contribution in [1.82, 2.24) is 0 Å². The first-order valence-electron chi connectivity index (χ1n) is 11.0. The van der Waals surface area contributed by atoms with Crippen LogP contribution in [0.2, 0.25) is 0 Å². The zero-order valence-electron chi connectivity index (χ0n) is 18.0. The second-order valence-corrected chi connectivity index (χ2v) is 7.93. The lowest BCUT2D eigenvalue weighted by molar-refractivity contribution is -0.119. The number of amides is 2. The quantitative estimate of drug-likeness (QED) is 0.519. The number of rotatable bonds is 7. The highest BCUT2D eigenvalue weighted by Crippen LogP contribution is 2.25. The first kappa shape index (κ1) is 21.6. The van der Waals surface area contributed by atoms with Crippen LogP contribution in [0.1, 0.15) is 36.4 Å². The molecular weight excluding hydrogens is 400 g/mol. The molecule has 4 N–H and O–H groups in total. The SMILES string of the molecule is NCc1cccc(N[C@@H](C(=O)Nc2ccc(N3CCCCC3=O)cc2)c2ccccc2)c1. The molecule has 0 unspecified atom stereocenters. The number of hydrogen-bond donors (Lipinski definition) is 3. The summed E-state index contributed by atoms with van der Waals surface area (Å²) in [5.74, 6) is -0.0164. The largest absolute Gasteiger partial charge is 0.370 e. The minimum absolute atomic E-state index is 0.154. The van der Waals surface area contributed by atoms with Crippen LogP contribution >= 0.6 is 0 Å². The maximum atomic E-state index is 13.2. The molecule has 1 aliphatic heterocycles. The molecule has 0 radical (unpaired) electrons. The molecule has 0 spiro atoms. The number of hydrogen-bond acceptors (Lipinski definition) is 4. The van der Waals surface area contributed by atoms with Crippen LogP contribution in [0, 0.1) is 0 Å². The molecule has 3 aromatic carbocycles. The van der Waals surface area contributed by atoms with Crippen LogP contribution in [0.4, 0.5) is 17.1 Å². The van der Waals surface area contributed by atoms with E-state index in [-0.39, 0.29) is 11.8 Å². The van der Waals surface area contributed by atoms with Gasteiger partial charge in [0, 0.05) is 36.6 Å². The van der Waals surface area contributed by atoms with E-state index in [2.05, 4.69) is 10.6 Å². The second kappa shape index (κ2) is 10.1. The Morgan fingerprint density at radius 1 is 0.938 bits per heavy atom. The molecule has 1 aliphatic rings. The smallest absolute Gasteiger partial charge is 0.251 e. The monoisotopic (exact) mass is 428 g/mol. The van der Waals surface area contributed by atoms with Crippen LogP contribution in [-0.2, 0) is 16.1 Å². The molecule has 2 amide bonds. The Balaban J connectivity index is 1.51. The van der Waals surface area contributed by atoms with E-state index in [1.54, 1.807) is 0 Å². The maximum absolute atomic E-state index is 13.2. The van der Waals surface area contributed by atoms with Gasteiger partial charge < -0.3 is 21.3 Å². The minimum atomic E-state index is -0.576. The van der Waals surface area contributed by atoms with Gasteiger partial charge in [0.05, 0.1) is 0 Å². The number of nitrogens with zero attached hydrogens (tertiary/aromatic N) is 1. The van der Waals surface area contributed by atoms with Gasteiger partial charge in [-0.15, -0.1) is 0 Å². The predicted octanol–water partition coefficient (Wildman–Crippen LogP) is 4.45. The molecule has 32 heavy (non-hydrogen) atoms. The topological polar surface area (TPSA) is 87.5 Å². The average Bonchev–Trinajstić information content (AvgIpc) is 2.84. The van der Waals surface area contributed by atoms with Gasteiger partial charge >= 0.3 is 0 Å². The molecule has 1 saturated heterocycles. The van der Waals surface area contributed by atoms with Crippen molar-refractivity contribution in [2.24, 2.45) is 5.73 Å². The Morgan fingerprint density at radius 3 is 2.44 bits per heavy atom. The number of carbonyl (C=O) groups is 2. The fraction of sp³-hybridized carbons (Fsp3) is 0.231. The summed E-state index contributed by atoms with van der Waals surface area (Å²) >= 11 is 0. The molecular formula is C26H28N4O2. The average molecular weight is 429 g/mol. The molecule has 6 heteroatoms. The normalized spacial score (nSPS) is 14.7. The molecule has 1 heterocycles. The summed E-state index contributed by atoms with van der Waals surface area (Å²) in [6.45, 7) is 1.18. The van der Waals surface area contributed by atoms with Crippen LogP contribution in [0.5, 0.6) is 0 Å². The van der Waals surface area contributed by atoms with Gasteiger partial charge in [-0.1, -0.05) is 42.5 Å². The summed E-state index contributed by atoms with van der Waals surface area (Å²) in [6.07, 6.45) is 2.56. The van der Waals surface area contributed by atoms with Gasteiger partial charge in [-0.2, -0.15) is 0 Å². The van der Waals surface area contributed by atoms with Crippen LogP contribution in [-0.4, -0.2) is 18.4 Å². The number of nitrogens with two attached hydrogens (primary N) is 1.